The number of rotatable bonds is 3. The van der Waals surface area contributed by atoms with Gasteiger partial charge in [0.25, 0.3) is 0 Å². The zero-order chi connectivity index (χ0) is 14.1. The monoisotopic (exact) mass is 276 g/mol. The van der Waals surface area contributed by atoms with Crippen molar-refractivity contribution in [3.05, 3.63) is 35.8 Å². The molecule has 2 aromatic rings. The molecule has 1 saturated carbocycles. The molecule has 2 nitrogen and oxygen atoms in total. The predicted molar refractivity (Wildman–Crippen MR) is 76.9 cm³/mol. The summed E-state index contributed by atoms with van der Waals surface area (Å²) < 4.78 is 18.9. The van der Waals surface area contributed by atoms with Gasteiger partial charge in [-0.15, -0.1) is 0 Å². The molecule has 20 heavy (non-hydrogen) atoms. The van der Waals surface area contributed by atoms with Crippen molar-refractivity contribution in [3.8, 4) is 0 Å². The van der Waals surface area contributed by atoms with E-state index in [0.717, 1.165) is 24.1 Å². The van der Waals surface area contributed by atoms with Crippen molar-refractivity contribution in [1.29, 1.82) is 0 Å². The summed E-state index contributed by atoms with van der Waals surface area (Å²) in [5.74, 6) is 1.37. The molecule has 1 fully saturated rings. The number of furan rings is 1. The Morgan fingerprint density at radius 1 is 1.25 bits per heavy atom. The highest BCUT2D eigenvalue weighted by atomic mass is 19.1. The van der Waals surface area contributed by atoms with Crippen molar-refractivity contribution >= 4 is 11.0 Å². The Morgan fingerprint density at radius 2 is 2.00 bits per heavy atom. The topological polar surface area (TPSA) is 33.4 Å². The Bertz CT molecular complexity index is 582. The molecule has 0 radical (unpaired) electrons. The summed E-state index contributed by atoms with van der Waals surface area (Å²) in [7, 11) is 0. The van der Waals surface area contributed by atoms with Crippen LogP contribution in [0.5, 0.6) is 0 Å². The molecule has 108 valence electrons. The number of aliphatic hydroxyl groups is 1. The smallest absolute Gasteiger partial charge is 0.134 e. The molecule has 1 aromatic carbocycles. The summed E-state index contributed by atoms with van der Waals surface area (Å²) in [4.78, 5) is 0. The Kier molecular flexibility index (Phi) is 3.79. The van der Waals surface area contributed by atoms with Crippen LogP contribution in [0.4, 0.5) is 4.39 Å². The lowest BCUT2D eigenvalue weighted by molar-refractivity contribution is 0.0566. The van der Waals surface area contributed by atoms with E-state index in [1.54, 1.807) is 12.1 Å². The van der Waals surface area contributed by atoms with Gasteiger partial charge in [0.15, 0.2) is 0 Å². The maximum atomic E-state index is 13.2. The molecule has 1 aliphatic carbocycles. The van der Waals surface area contributed by atoms with E-state index in [9.17, 15) is 9.50 Å². The first-order valence-electron chi connectivity index (χ1n) is 7.54. The maximum absolute atomic E-state index is 13.2. The van der Waals surface area contributed by atoms with Crippen LogP contribution in [0.1, 0.15) is 50.9 Å². The summed E-state index contributed by atoms with van der Waals surface area (Å²) in [5, 5.41) is 11.2. The van der Waals surface area contributed by atoms with Gasteiger partial charge in [-0.1, -0.05) is 26.2 Å². The van der Waals surface area contributed by atoms with Crippen molar-refractivity contribution in [2.45, 2.75) is 45.1 Å². The first-order valence-corrected chi connectivity index (χ1v) is 7.54. The van der Waals surface area contributed by atoms with Gasteiger partial charge in [-0.3, -0.25) is 0 Å². The highest BCUT2D eigenvalue weighted by Crippen LogP contribution is 2.39. The molecule has 0 bridgehead atoms. The van der Waals surface area contributed by atoms with E-state index >= 15 is 0 Å². The van der Waals surface area contributed by atoms with Gasteiger partial charge < -0.3 is 9.52 Å². The third-order valence-electron chi connectivity index (χ3n) is 4.70. The van der Waals surface area contributed by atoms with E-state index in [4.69, 9.17) is 4.42 Å². The summed E-state index contributed by atoms with van der Waals surface area (Å²) in [6.45, 7) is 2.23. The molecule has 3 heteroatoms. The van der Waals surface area contributed by atoms with Gasteiger partial charge in [0.2, 0.25) is 0 Å². The van der Waals surface area contributed by atoms with Crippen LogP contribution in [0, 0.1) is 17.7 Å². The molecule has 3 rings (SSSR count). The zero-order valence-corrected chi connectivity index (χ0v) is 11.8. The number of fused-ring (bicyclic) bond motifs is 1. The predicted octanol–water partition coefficient (Wildman–Crippen LogP) is 4.82. The molecule has 1 aromatic heterocycles. The first kappa shape index (κ1) is 13.6. The lowest BCUT2D eigenvalue weighted by Gasteiger charge is -2.30. The number of hydrogen-bond donors (Lipinski definition) is 1. The van der Waals surface area contributed by atoms with Crippen LogP contribution in [0.25, 0.3) is 11.0 Å². The number of halogens is 1. The van der Waals surface area contributed by atoms with Gasteiger partial charge in [0.1, 0.15) is 23.3 Å². The highest BCUT2D eigenvalue weighted by molar-refractivity contribution is 5.77. The molecule has 1 aliphatic rings. The van der Waals surface area contributed by atoms with Crippen molar-refractivity contribution < 1.29 is 13.9 Å². The lowest BCUT2D eigenvalue weighted by atomic mass is 9.78. The Balaban J connectivity index is 1.77. The molecule has 1 unspecified atom stereocenters. The molecule has 0 aliphatic heterocycles. The van der Waals surface area contributed by atoms with Crippen LogP contribution in [0.2, 0.25) is 0 Å². The van der Waals surface area contributed by atoms with Crippen LogP contribution < -0.4 is 0 Å². The molecule has 1 heterocycles. The SMILES string of the molecule is CCC1CCC(C(O)c2cc3cc(F)ccc3o2)CC1. The normalized spacial score (nSPS) is 24.9. The number of aliphatic hydroxyl groups excluding tert-OH is 1. The van der Waals surface area contributed by atoms with Crippen LogP contribution in [-0.2, 0) is 0 Å². The standard InChI is InChI=1S/C17H21FO2/c1-2-11-3-5-12(6-4-11)17(19)16-10-13-9-14(18)7-8-15(13)20-16/h7-12,17,19H,2-6H2,1H3. The van der Waals surface area contributed by atoms with E-state index in [0.29, 0.717) is 11.3 Å². The van der Waals surface area contributed by atoms with E-state index in [1.165, 1.54) is 31.4 Å². The van der Waals surface area contributed by atoms with Crippen molar-refractivity contribution in [3.63, 3.8) is 0 Å². The summed E-state index contributed by atoms with van der Waals surface area (Å²) >= 11 is 0. The lowest BCUT2D eigenvalue weighted by Crippen LogP contribution is -2.19. The minimum absolute atomic E-state index is 0.267. The van der Waals surface area contributed by atoms with Crippen molar-refractivity contribution in [2.75, 3.05) is 0 Å². The van der Waals surface area contributed by atoms with Gasteiger partial charge in [0, 0.05) is 5.39 Å². The second kappa shape index (κ2) is 5.57. The zero-order valence-electron chi connectivity index (χ0n) is 11.8. The Morgan fingerprint density at radius 3 is 2.70 bits per heavy atom. The van der Waals surface area contributed by atoms with Gasteiger partial charge in [-0.2, -0.15) is 0 Å². The molecular weight excluding hydrogens is 255 g/mol. The van der Waals surface area contributed by atoms with Crippen LogP contribution >= 0.6 is 0 Å². The Labute approximate surface area is 118 Å². The molecule has 0 saturated heterocycles. The van der Waals surface area contributed by atoms with Gasteiger partial charge >= 0.3 is 0 Å². The third kappa shape index (κ3) is 2.59. The van der Waals surface area contributed by atoms with Crippen molar-refractivity contribution in [2.24, 2.45) is 11.8 Å². The average molecular weight is 276 g/mol. The van der Waals surface area contributed by atoms with Gasteiger partial charge in [-0.05, 0) is 48.9 Å². The fourth-order valence-electron chi connectivity index (χ4n) is 3.33. The fourth-order valence-corrected chi connectivity index (χ4v) is 3.33. The minimum atomic E-state index is -0.566. The van der Waals surface area contributed by atoms with Crippen molar-refractivity contribution in [1.82, 2.24) is 0 Å². The quantitative estimate of drug-likeness (QED) is 0.871. The van der Waals surface area contributed by atoms with E-state index in [1.807, 2.05) is 0 Å². The Hall–Kier alpha value is -1.35. The average Bonchev–Trinajstić information content (AvgIpc) is 2.89. The molecule has 1 N–H and O–H groups in total. The second-order valence-corrected chi connectivity index (χ2v) is 5.96. The highest BCUT2D eigenvalue weighted by Gasteiger charge is 2.28. The van der Waals surface area contributed by atoms with E-state index in [2.05, 4.69) is 6.92 Å². The first-order chi connectivity index (χ1) is 9.67. The molecular formula is C17H21FO2. The van der Waals surface area contributed by atoms with Crippen LogP contribution in [-0.4, -0.2) is 5.11 Å². The van der Waals surface area contributed by atoms with Gasteiger partial charge in [0.05, 0.1) is 0 Å². The van der Waals surface area contributed by atoms with E-state index in [-0.39, 0.29) is 11.7 Å². The summed E-state index contributed by atoms with van der Waals surface area (Å²) in [6.07, 6.45) is 5.13. The summed E-state index contributed by atoms with van der Waals surface area (Å²) in [5.41, 5.74) is 0.641. The van der Waals surface area contributed by atoms with Gasteiger partial charge in [-0.25, -0.2) is 4.39 Å². The minimum Gasteiger partial charge on any atom is -0.458 e. The summed E-state index contributed by atoms with van der Waals surface area (Å²) in [6, 6.07) is 6.22. The number of hydrogen-bond acceptors (Lipinski definition) is 2. The van der Waals surface area contributed by atoms with Crippen LogP contribution in [0.3, 0.4) is 0 Å². The second-order valence-electron chi connectivity index (χ2n) is 5.96. The maximum Gasteiger partial charge on any atom is 0.134 e. The number of benzene rings is 1. The molecule has 0 amide bonds. The third-order valence-corrected chi connectivity index (χ3v) is 4.70. The fraction of sp³-hybridized carbons (Fsp3) is 0.529. The molecule has 1 atom stereocenters. The van der Waals surface area contributed by atoms with Crippen LogP contribution in [0.15, 0.2) is 28.7 Å². The largest absolute Gasteiger partial charge is 0.458 e. The van der Waals surface area contributed by atoms with E-state index < -0.39 is 6.10 Å². The molecule has 0 spiro atoms.